The van der Waals surface area contributed by atoms with Gasteiger partial charge < -0.3 is 15.0 Å². The average molecular weight is 438 g/mol. The summed E-state index contributed by atoms with van der Waals surface area (Å²) < 4.78 is 44.5. The molecule has 0 bridgehead atoms. The molecule has 2 aromatic rings. The van der Waals surface area contributed by atoms with Gasteiger partial charge in [0.25, 0.3) is 0 Å². The molecular weight excluding hydrogens is 413 g/mol. The Morgan fingerprint density at radius 2 is 1.87 bits per heavy atom. The number of carbonyl (C=O) groups is 2. The number of likely N-dealkylation sites (tertiary alicyclic amines) is 1. The molecule has 1 aromatic carbocycles. The van der Waals surface area contributed by atoms with Crippen LogP contribution in [0.3, 0.4) is 0 Å². The summed E-state index contributed by atoms with van der Waals surface area (Å²) in [7, 11) is 0. The summed E-state index contributed by atoms with van der Waals surface area (Å²) in [5.74, 6) is 0.480. The second kappa shape index (κ2) is 8.32. The zero-order chi connectivity index (χ0) is 23.0. The predicted octanol–water partition coefficient (Wildman–Crippen LogP) is 4.20. The number of aromatic nitrogens is 2. The van der Waals surface area contributed by atoms with Crippen molar-refractivity contribution in [3.63, 3.8) is 0 Å². The summed E-state index contributed by atoms with van der Waals surface area (Å²) in [6.45, 7) is 7.78. The number of ketones is 1. The molecule has 0 radical (unpaired) electrons. The molecule has 0 spiro atoms. The molecule has 0 saturated carbocycles. The van der Waals surface area contributed by atoms with Gasteiger partial charge in [-0.15, -0.1) is 0 Å². The molecule has 1 saturated heterocycles. The first kappa shape index (κ1) is 22.8. The summed E-state index contributed by atoms with van der Waals surface area (Å²) >= 11 is 0. The molecule has 1 aromatic heterocycles. The minimum Gasteiger partial charge on any atom is -0.444 e. The van der Waals surface area contributed by atoms with Crippen LogP contribution in [0.5, 0.6) is 0 Å². The van der Waals surface area contributed by atoms with Gasteiger partial charge in [0, 0.05) is 30.8 Å². The topological polar surface area (TPSA) is 84.4 Å². The number of ether oxygens (including phenoxy) is 1. The van der Waals surface area contributed by atoms with Crippen LogP contribution in [0, 0.1) is 12.8 Å². The molecule has 1 amide bonds. The molecule has 1 N–H and O–H groups in total. The highest BCUT2D eigenvalue weighted by Crippen LogP contribution is 2.32. The molecule has 3 rings (SSSR count). The molecule has 7 nitrogen and oxygen atoms in total. The fraction of sp³-hybridized carbons (Fsp3) is 0.524. The van der Waals surface area contributed by atoms with Crippen molar-refractivity contribution in [2.45, 2.75) is 45.9 Å². The number of amides is 1. The first-order chi connectivity index (χ1) is 14.3. The molecule has 31 heavy (non-hydrogen) atoms. The van der Waals surface area contributed by atoms with Gasteiger partial charge in [-0.2, -0.15) is 13.2 Å². The third kappa shape index (κ3) is 5.83. The minimum absolute atomic E-state index is 0.0301. The Morgan fingerprint density at radius 1 is 1.19 bits per heavy atom. The molecular formula is C21H25F3N4O3. The Labute approximate surface area is 178 Å². The lowest BCUT2D eigenvalue weighted by molar-refractivity contribution is -0.137. The number of benzene rings is 1. The van der Waals surface area contributed by atoms with Crippen LogP contribution >= 0.6 is 0 Å². The number of nitrogens with zero attached hydrogens (tertiary/aromatic N) is 3. The number of alkyl halides is 3. The van der Waals surface area contributed by atoms with E-state index in [9.17, 15) is 22.8 Å². The maximum Gasteiger partial charge on any atom is 0.416 e. The number of fused-ring (bicyclic) bond motifs is 1. The van der Waals surface area contributed by atoms with Gasteiger partial charge in [-0.25, -0.2) is 14.8 Å². The summed E-state index contributed by atoms with van der Waals surface area (Å²) in [6, 6.07) is 3.24. The van der Waals surface area contributed by atoms with E-state index in [4.69, 9.17) is 4.74 Å². The zero-order valence-corrected chi connectivity index (χ0v) is 17.8. The highest BCUT2D eigenvalue weighted by atomic mass is 19.4. The number of anilines is 1. The average Bonchev–Trinajstić information content (AvgIpc) is 2.59. The number of aryl methyl sites for hydroxylation is 1. The van der Waals surface area contributed by atoms with E-state index < -0.39 is 23.4 Å². The Hall–Kier alpha value is -2.91. The van der Waals surface area contributed by atoms with Crippen LogP contribution in [0.2, 0.25) is 0 Å². The highest BCUT2D eigenvalue weighted by molar-refractivity contribution is 5.92. The van der Waals surface area contributed by atoms with Crippen LogP contribution in [0.1, 0.15) is 38.6 Å². The van der Waals surface area contributed by atoms with Gasteiger partial charge in [0.2, 0.25) is 0 Å². The van der Waals surface area contributed by atoms with Crippen molar-refractivity contribution in [3.05, 3.63) is 29.6 Å². The second-order valence-electron chi connectivity index (χ2n) is 8.70. The van der Waals surface area contributed by atoms with Crippen molar-refractivity contribution in [2.75, 3.05) is 25.0 Å². The largest absolute Gasteiger partial charge is 0.444 e. The van der Waals surface area contributed by atoms with Gasteiger partial charge in [-0.05, 0) is 45.9 Å². The first-order valence-corrected chi connectivity index (χ1v) is 9.91. The van der Waals surface area contributed by atoms with Crippen molar-refractivity contribution < 1.29 is 27.5 Å². The summed E-state index contributed by atoms with van der Waals surface area (Å²) in [5.41, 5.74) is -1.02. The van der Waals surface area contributed by atoms with Crippen molar-refractivity contribution >= 4 is 28.6 Å². The number of nitrogens with one attached hydrogen (secondary N) is 1. The molecule has 1 aliphatic heterocycles. The molecule has 2 heterocycles. The third-order valence-electron chi connectivity index (χ3n) is 4.71. The highest BCUT2D eigenvalue weighted by Gasteiger charge is 2.34. The van der Waals surface area contributed by atoms with Crippen LogP contribution in [0.4, 0.5) is 23.8 Å². The van der Waals surface area contributed by atoms with E-state index in [0.717, 1.165) is 12.1 Å². The van der Waals surface area contributed by atoms with E-state index in [2.05, 4.69) is 15.3 Å². The molecule has 1 fully saturated rings. The van der Waals surface area contributed by atoms with E-state index in [-0.39, 0.29) is 35.9 Å². The van der Waals surface area contributed by atoms with E-state index in [1.54, 1.807) is 27.7 Å². The van der Waals surface area contributed by atoms with E-state index in [1.807, 2.05) is 0 Å². The van der Waals surface area contributed by atoms with E-state index in [1.165, 1.54) is 11.0 Å². The van der Waals surface area contributed by atoms with Crippen molar-refractivity contribution in [1.29, 1.82) is 0 Å². The van der Waals surface area contributed by atoms with Crippen LogP contribution in [-0.4, -0.2) is 52.0 Å². The lowest BCUT2D eigenvalue weighted by Crippen LogP contribution is -2.52. The number of rotatable bonds is 5. The quantitative estimate of drug-likeness (QED) is 0.754. The minimum atomic E-state index is -4.49. The summed E-state index contributed by atoms with van der Waals surface area (Å²) in [5, 5.41) is 3.05. The number of hydrogen-bond acceptors (Lipinski definition) is 6. The standard InChI is InChI=1S/C21H25F3N4O3/c1-12-26-17-6-5-14(21(22,23)24)8-16(17)18(27-12)25-9-15(29)7-13-10-28(11-13)19(30)31-20(2,3)4/h5-6,8,13H,7,9-11H2,1-4H3,(H,25,26,27). The number of carbonyl (C=O) groups excluding carboxylic acids is 2. The number of halogens is 3. The SMILES string of the molecule is Cc1nc(NCC(=O)CC2CN(C(=O)OC(C)(C)C)C2)c2cc(C(F)(F)F)ccc2n1. The van der Waals surface area contributed by atoms with Gasteiger partial charge in [-0.3, -0.25) is 4.79 Å². The Morgan fingerprint density at radius 3 is 2.48 bits per heavy atom. The van der Waals surface area contributed by atoms with Crippen LogP contribution in [0.25, 0.3) is 10.9 Å². The maximum absolute atomic E-state index is 13.1. The molecule has 0 atom stereocenters. The zero-order valence-electron chi connectivity index (χ0n) is 17.8. The Bertz CT molecular complexity index is 996. The lowest BCUT2D eigenvalue weighted by Gasteiger charge is -2.39. The molecule has 10 heteroatoms. The Balaban J connectivity index is 1.59. The van der Waals surface area contributed by atoms with Crippen molar-refractivity contribution in [3.8, 4) is 0 Å². The van der Waals surface area contributed by atoms with Gasteiger partial charge in [0.1, 0.15) is 17.2 Å². The fourth-order valence-corrected chi connectivity index (χ4v) is 3.31. The van der Waals surface area contributed by atoms with Crippen LogP contribution in [0.15, 0.2) is 18.2 Å². The van der Waals surface area contributed by atoms with Crippen LogP contribution in [-0.2, 0) is 15.7 Å². The van der Waals surface area contributed by atoms with Gasteiger partial charge >= 0.3 is 12.3 Å². The smallest absolute Gasteiger partial charge is 0.416 e. The van der Waals surface area contributed by atoms with E-state index in [0.29, 0.717) is 24.4 Å². The predicted molar refractivity (Wildman–Crippen MR) is 109 cm³/mol. The third-order valence-corrected chi connectivity index (χ3v) is 4.71. The monoisotopic (exact) mass is 438 g/mol. The van der Waals surface area contributed by atoms with Crippen LogP contribution < -0.4 is 5.32 Å². The Kier molecular flexibility index (Phi) is 6.11. The molecule has 0 unspecified atom stereocenters. The normalized spacial score (nSPS) is 15.0. The van der Waals surface area contributed by atoms with E-state index >= 15 is 0 Å². The fourth-order valence-electron chi connectivity index (χ4n) is 3.31. The number of Topliss-reactive ketones (excluding diaryl/α,β-unsaturated/α-hetero) is 1. The maximum atomic E-state index is 13.1. The molecule has 0 aliphatic carbocycles. The summed E-state index contributed by atoms with van der Waals surface area (Å²) in [4.78, 5) is 34.2. The lowest BCUT2D eigenvalue weighted by atomic mass is 9.94. The van der Waals surface area contributed by atoms with Crippen molar-refractivity contribution in [2.24, 2.45) is 5.92 Å². The van der Waals surface area contributed by atoms with Crippen molar-refractivity contribution in [1.82, 2.24) is 14.9 Å². The van der Waals surface area contributed by atoms with Gasteiger partial charge in [0.15, 0.2) is 5.78 Å². The number of hydrogen-bond donors (Lipinski definition) is 1. The summed E-state index contributed by atoms with van der Waals surface area (Å²) in [6.07, 6.45) is -4.64. The second-order valence-corrected chi connectivity index (χ2v) is 8.70. The van der Waals surface area contributed by atoms with Gasteiger partial charge in [-0.1, -0.05) is 0 Å². The van der Waals surface area contributed by atoms with Gasteiger partial charge in [0.05, 0.1) is 17.6 Å². The molecule has 168 valence electrons. The molecule has 1 aliphatic rings. The first-order valence-electron chi connectivity index (χ1n) is 9.91.